The summed E-state index contributed by atoms with van der Waals surface area (Å²) < 4.78 is 26.9. The van der Waals surface area contributed by atoms with E-state index >= 15 is 0 Å². The summed E-state index contributed by atoms with van der Waals surface area (Å²) in [6.07, 6.45) is 0. The molecule has 0 amide bonds. The lowest BCUT2D eigenvalue weighted by molar-refractivity contribution is 0.603. The van der Waals surface area contributed by atoms with E-state index in [1.165, 1.54) is 6.07 Å². The van der Waals surface area contributed by atoms with Crippen molar-refractivity contribution in [2.75, 3.05) is 16.7 Å². The highest BCUT2D eigenvalue weighted by atomic mass is 32.2. The molecule has 6 nitrogen and oxygen atoms in total. The topological polar surface area (TPSA) is 75.2 Å². The average Bonchev–Trinajstić information content (AvgIpc) is 3.11. The molecule has 0 spiro atoms. The van der Waals surface area contributed by atoms with Gasteiger partial charge in [0.25, 0.3) is 10.0 Å². The number of nitrogens with one attached hydrogen (secondary N) is 1. The third-order valence-electron chi connectivity index (χ3n) is 3.14. The van der Waals surface area contributed by atoms with Gasteiger partial charge in [0, 0.05) is 12.7 Å². The molecule has 1 N–H and O–H groups in total. The first kappa shape index (κ1) is 15.4. The summed E-state index contributed by atoms with van der Waals surface area (Å²) in [5.41, 5.74) is 0.966. The minimum Gasteiger partial charge on any atom is -0.328 e. The van der Waals surface area contributed by atoms with Crippen LogP contribution in [0.15, 0.2) is 64.2 Å². The fourth-order valence-corrected chi connectivity index (χ4v) is 3.94. The van der Waals surface area contributed by atoms with Crippen LogP contribution in [0.2, 0.25) is 0 Å². The average molecular weight is 346 g/mol. The Hall–Kier alpha value is -2.45. The molecular formula is C15H14N4O2S2. The fourth-order valence-electron chi connectivity index (χ4n) is 1.95. The van der Waals surface area contributed by atoms with Crippen LogP contribution < -0.4 is 9.62 Å². The van der Waals surface area contributed by atoms with Crippen LogP contribution in [0, 0.1) is 0 Å². The molecule has 0 bridgehead atoms. The van der Waals surface area contributed by atoms with Gasteiger partial charge < -0.3 is 4.90 Å². The second-order valence-electron chi connectivity index (χ2n) is 4.71. The molecule has 118 valence electrons. The van der Waals surface area contributed by atoms with E-state index in [-0.39, 0.29) is 10.0 Å². The summed E-state index contributed by atoms with van der Waals surface area (Å²) in [5.74, 6) is 0.805. The molecule has 0 aliphatic carbocycles. The van der Waals surface area contributed by atoms with Crippen LogP contribution >= 0.6 is 11.3 Å². The third-order valence-corrected chi connectivity index (χ3v) is 5.89. The van der Waals surface area contributed by atoms with Crippen molar-refractivity contribution in [3.05, 3.63) is 60.0 Å². The maximum absolute atomic E-state index is 12.1. The maximum Gasteiger partial charge on any atom is 0.272 e. The molecule has 0 saturated carbocycles. The lowest BCUT2D eigenvalue weighted by Gasteiger charge is -2.17. The van der Waals surface area contributed by atoms with E-state index in [2.05, 4.69) is 14.9 Å². The summed E-state index contributed by atoms with van der Waals surface area (Å²) in [5, 5.41) is 9.72. The second kappa shape index (κ2) is 6.35. The lowest BCUT2D eigenvalue weighted by atomic mass is 10.3. The van der Waals surface area contributed by atoms with Crippen molar-refractivity contribution in [2.45, 2.75) is 4.21 Å². The Balaban J connectivity index is 1.78. The molecule has 0 unspecified atom stereocenters. The van der Waals surface area contributed by atoms with Crippen LogP contribution in [-0.2, 0) is 10.0 Å². The van der Waals surface area contributed by atoms with Gasteiger partial charge in [0.2, 0.25) is 0 Å². The van der Waals surface area contributed by atoms with Gasteiger partial charge in [0.15, 0.2) is 11.6 Å². The Labute approximate surface area is 138 Å². The van der Waals surface area contributed by atoms with Gasteiger partial charge in [-0.05, 0) is 35.7 Å². The van der Waals surface area contributed by atoms with Crippen LogP contribution in [0.5, 0.6) is 0 Å². The molecular weight excluding hydrogens is 332 g/mol. The van der Waals surface area contributed by atoms with Crippen LogP contribution in [-0.4, -0.2) is 25.7 Å². The first-order chi connectivity index (χ1) is 11.1. The van der Waals surface area contributed by atoms with Crippen molar-refractivity contribution in [3.63, 3.8) is 0 Å². The van der Waals surface area contributed by atoms with E-state index in [4.69, 9.17) is 0 Å². The zero-order valence-corrected chi connectivity index (χ0v) is 13.9. The minimum atomic E-state index is -3.60. The first-order valence-corrected chi connectivity index (χ1v) is 9.11. The number of benzene rings is 1. The van der Waals surface area contributed by atoms with Crippen LogP contribution in [0.4, 0.5) is 17.3 Å². The van der Waals surface area contributed by atoms with Crippen LogP contribution in [0.1, 0.15) is 0 Å². The molecule has 3 aromatic rings. The van der Waals surface area contributed by atoms with E-state index in [0.29, 0.717) is 5.82 Å². The Morgan fingerprint density at radius 3 is 2.39 bits per heavy atom. The molecule has 8 heteroatoms. The largest absolute Gasteiger partial charge is 0.328 e. The van der Waals surface area contributed by atoms with Crippen molar-refractivity contribution in [3.8, 4) is 0 Å². The molecule has 0 aliphatic rings. The predicted molar refractivity (Wildman–Crippen MR) is 91.7 cm³/mol. The van der Waals surface area contributed by atoms with Crippen LogP contribution in [0.3, 0.4) is 0 Å². The van der Waals surface area contributed by atoms with E-state index in [1.807, 2.05) is 42.3 Å². The highest BCUT2D eigenvalue weighted by Crippen LogP contribution is 2.22. The third kappa shape index (κ3) is 3.49. The zero-order chi connectivity index (χ0) is 16.3. The van der Waals surface area contributed by atoms with Gasteiger partial charge in [0.05, 0.1) is 0 Å². The number of nitrogens with zero attached hydrogens (tertiary/aromatic N) is 3. The summed E-state index contributed by atoms with van der Waals surface area (Å²) in [6.45, 7) is 0. The number of thiophene rings is 1. The molecule has 0 fully saturated rings. The SMILES string of the molecule is CN(c1ccccc1)c1ccc(NS(=O)(=O)c2cccs2)nn1. The molecule has 0 saturated heterocycles. The number of anilines is 3. The smallest absolute Gasteiger partial charge is 0.272 e. The van der Waals surface area contributed by atoms with E-state index in [1.54, 1.807) is 23.6 Å². The van der Waals surface area contributed by atoms with Gasteiger partial charge >= 0.3 is 0 Å². The first-order valence-electron chi connectivity index (χ1n) is 6.75. The number of aromatic nitrogens is 2. The molecule has 1 aromatic carbocycles. The fraction of sp³-hybridized carbons (Fsp3) is 0.0667. The highest BCUT2D eigenvalue weighted by Gasteiger charge is 2.16. The zero-order valence-electron chi connectivity index (χ0n) is 12.2. The minimum absolute atomic E-state index is 0.184. The van der Waals surface area contributed by atoms with Crippen molar-refractivity contribution in [1.82, 2.24) is 10.2 Å². The van der Waals surface area contributed by atoms with Gasteiger partial charge in [0.1, 0.15) is 4.21 Å². The summed E-state index contributed by atoms with van der Waals surface area (Å²) in [6, 6.07) is 16.2. The Bertz CT molecular complexity index is 864. The molecule has 2 aromatic heterocycles. The molecule has 0 atom stereocenters. The Kier molecular flexibility index (Phi) is 4.26. The van der Waals surface area contributed by atoms with Gasteiger partial charge in [-0.3, -0.25) is 4.72 Å². The summed E-state index contributed by atoms with van der Waals surface area (Å²) in [4.78, 5) is 1.87. The van der Waals surface area contributed by atoms with E-state index < -0.39 is 10.0 Å². The van der Waals surface area contributed by atoms with Crippen molar-refractivity contribution < 1.29 is 8.42 Å². The Morgan fingerprint density at radius 2 is 1.78 bits per heavy atom. The molecule has 3 rings (SSSR count). The summed E-state index contributed by atoms with van der Waals surface area (Å²) in [7, 11) is -1.73. The monoisotopic (exact) mass is 346 g/mol. The van der Waals surface area contributed by atoms with Gasteiger partial charge in [-0.15, -0.1) is 21.5 Å². The van der Waals surface area contributed by atoms with E-state index in [9.17, 15) is 8.42 Å². The molecule has 2 heterocycles. The number of para-hydroxylation sites is 1. The van der Waals surface area contributed by atoms with Crippen LogP contribution in [0.25, 0.3) is 0 Å². The maximum atomic E-state index is 12.1. The normalized spacial score (nSPS) is 11.2. The molecule has 0 aliphatic heterocycles. The van der Waals surface area contributed by atoms with E-state index in [0.717, 1.165) is 17.0 Å². The predicted octanol–water partition coefficient (Wildman–Crippen LogP) is 3.11. The molecule has 0 radical (unpaired) electrons. The Morgan fingerprint density at radius 1 is 1.00 bits per heavy atom. The van der Waals surface area contributed by atoms with Crippen molar-refractivity contribution >= 4 is 38.7 Å². The summed E-state index contributed by atoms with van der Waals surface area (Å²) >= 11 is 1.15. The van der Waals surface area contributed by atoms with Crippen molar-refractivity contribution in [1.29, 1.82) is 0 Å². The quantitative estimate of drug-likeness (QED) is 0.768. The van der Waals surface area contributed by atoms with Crippen molar-refractivity contribution in [2.24, 2.45) is 0 Å². The van der Waals surface area contributed by atoms with Gasteiger partial charge in [-0.1, -0.05) is 24.3 Å². The highest BCUT2D eigenvalue weighted by molar-refractivity contribution is 7.94. The standard InChI is InChI=1S/C15H14N4O2S2/c1-19(12-6-3-2-4-7-12)14-10-9-13(16-17-14)18-23(20,21)15-8-5-11-22-15/h2-11H,1H3,(H,16,18). The molecule has 23 heavy (non-hydrogen) atoms. The van der Waals surface area contributed by atoms with Gasteiger partial charge in [-0.2, -0.15) is 0 Å². The number of sulfonamides is 1. The number of hydrogen-bond donors (Lipinski definition) is 1. The second-order valence-corrected chi connectivity index (χ2v) is 7.57. The van der Waals surface area contributed by atoms with Gasteiger partial charge in [-0.25, -0.2) is 8.42 Å². The lowest BCUT2D eigenvalue weighted by Crippen LogP contribution is -2.15. The number of rotatable bonds is 5. The number of hydrogen-bond acceptors (Lipinski definition) is 6.